The van der Waals surface area contributed by atoms with E-state index in [9.17, 15) is 9.59 Å². The maximum Gasteiger partial charge on any atom is 0.246 e. The van der Waals surface area contributed by atoms with Crippen molar-refractivity contribution >= 4 is 34.6 Å². The summed E-state index contributed by atoms with van der Waals surface area (Å²) in [6.45, 7) is 5.86. The minimum absolute atomic E-state index is 0.0495. The Morgan fingerprint density at radius 3 is 2.84 bits per heavy atom. The fraction of sp³-hybridized carbons (Fsp3) is 0.320. The Kier molecular flexibility index (Phi) is 6.10. The van der Waals surface area contributed by atoms with E-state index in [0.717, 1.165) is 28.9 Å². The van der Waals surface area contributed by atoms with Gasteiger partial charge in [-0.25, -0.2) is 4.98 Å². The smallest absolute Gasteiger partial charge is 0.246 e. The third-order valence-electron chi connectivity index (χ3n) is 6.18. The second-order valence-corrected chi connectivity index (χ2v) is 8.29. The van der Waals surface area contributed by atoms with Gasteiger partial charge in [-0.3, -0.25) is 14.5 Å². The molecule has 1 aliphatic heterocycles. The molecule has 0 saturated heterocycles. The molecule has 1 aromatic carbocycles. The van der Waals surface area contributed by atoms with E-state index in [1.165, 1.54) is 5.39 Å². The molecule has 1 N–H and O–H groups in total. The molecule has 0 radical (unpaired) electrons. The van der Waals surface area contributed by atoms with Gasteiger partial charge in [0.2, 0.25) is 11.8 Å². The fourth-order valence-corrected chi connectivity index (χ4v) is 4.09. The van der Waals surface area contributed by atoms with Crippen LogP contribution in [0.15, 0.2) is 48.7 Å². The Bertz CT molecular complexity index is 1200. The maximum absolute atomic E-state index is 12.7. The van der Waals surface area contributed by atoms with E-state index in [1.807, 2.05) is 39.1 Å². The molecule has 166 valence electrons. The molecule has 2 aromatic heterocycles. The highest BCUT2D eigenvalue weighted by atomic mass is 16.2. The van der Waals surface area contributed by atoms with E-state index in [1.54, 1.807) is 30.3 Å². The summed E-state index contributed by atoms with van der Waals surface area (Å²) in [5.74, 6) is 0.461. The Hall–Kier alpha value is -3.45. The fourth-order valence-electron chi connectivity index (χ4n) is 4.09. The lowest BCUT2D eigenvalue weighted by Gasteiger charge is -2.23. The average molecular weight is 432 g/mol. The molecule has 7 heteroatoms. The van der Waals surface area contributed by atoms with Crippen LogP contribution in [-0.4, -0.2) is 50.8 Å². The van der Waals surface area contributed by atoms with Crippen LogP contribution in [0.25, 0.3) is 17.0 Å². The van der Waals surface area contributed by atoms with Gasteiger partial charge >= 0.3 is 0 Å². The van der Waals surface area contributed by atoms with Gasteiger partial charge in [-0.1, -0.05) is 25.1 Å². The number of hydrogen-bond donors (Lipinski definition) is 1. The summed E-state index contributed by atoms with van der Waals surface area (Å²) in [5, 5.41) is 4.06. The molecular formula is C25H29N5O2. The predicted molar refractivity (Wildman–Crippen MR) is 127 cm³/mol. The van der Waals surface area contributed by atoms with Gasteiger partial charge in [0.05, 0.1) is 12.6 Å². The number of anilines is 1. The lowest BCUT2D eigenvalue weighted by atomic mass is 10.1. The first kappa shape index (κ1) is 21.8. The molecule has 32 heavy (non-hydrogen) atoms. The molecular weight excluding hydrogens is 402 g/mol. The van der Waals surface area contributed by atoms with Crippen molar-refractivity contribution in [2.24, 2.45) is 7.05 Å². The number of carbonyl (C=O) groups excluding carboxylic acids is 2. The Labute approximate surface area is 188 Å². The van der Waals surface area contributed by atoms with E-state index in [-0.39, 0.29) is 17.9 Å². The summed E-state index contributed by atoms with van der Waals surface area (Å²) in [4.78, 5) is 33.2. The van der Waals surface area contributed by atoms with Crippen LogP contribution >= 0.6 is 0 Å². The monoisotopic (exact) mass is 431 g/mol. The Morgan fingerprint density at radius 2 is 2.09 bits per heavy atom. The molecule has 0 unspecified atom stereocenters. The molecule has 0 saturated carbocycles. The molecule has 0 spiro atoms. The Morgan fingerprint density at radius 1 is 1.31 bits per heavy atom. The highest BCUT2D eigenvalue weighted by molar-refractivity contribution is 5.95. The second kappa shape index (κ2) is 8.96. The van der Waals surface area contributed by atoms with Crippen molar-refractivity contribution in [2.45, 2.75) is 33.0 Å². The predicted octanol–water partition coefficient (Wildman–Crippen LogP) is 3.41. The van der Waals surface area contributed by atoms with Crippen molar-refractivity contribution in [3.05, 3.63) is 65.5 Å². The van der Waals surface area contributed by atoms with E-state index in [4.69, 9.17) is 0 Å². The molecule has 1 atom stereocenters. The minimum Gasteiger partial charge on any atom is -0.346 e. The lowest BCUT2D eigenvalue weighted by Crippen LogP contribution is -2.39. The summed E-state index contributed by atoms with van der Waals surface area (Å²) >= 11 is 0. The van der Waals surface area contributed by atoms with Crippen molar-refractivity contribution in [2.75, 3.05) is 18.9 Å². The van der Waals surface area contributed by atoms with Crippen LogP contribution in [-0.2, 0) is 29.7 Å². The molecule has 4 rings (SSSR count). The minimum atomic E-state index is -0.211. The number of para-hydroxylation sites is 1. The summed E-state index contributed by atoms with van der Waals surface area (Å²) in [6, 6.07) is 12.1. The zero-order valence-electron chi connectivity index (χ0n) is 19.0. The van der Waals surface area contributed by atoms with E-state index in [0.29, 0.717) is 18.9 Å². The maximum atomic E-state index is 12.7. The quantitative estimate of drug-likeness (QED) is 0.629. The van der Waals surface area contributed by atoms with E-state index >= 15 is 0 Å². The third kappa shape index (κ3) is 4.29. The van der Waals surface area contributed by atoms with Crippen LogP contribution in [0.4, 0.5) is 5.82 Å². The number of likely N-dealkylation sites (N-methyl/N-ethyl adjacent to an activating group) is 2. The first-order valence-corrected chi connectivity index (χ1v) is 10.9. The number of aryl methyl sites for hydroxylation is 1. The number of carbonyl (C=O) groups is 2. The summed E-state index contributed by atoms with van der Waals surface area (Å²) < 4.78 is 2.12. The molecule has 0 fully saturated rings. The van der Waals surface area contributed by atoms with Gasteiger partial charge in [0.1, 0.15) is 5.82 Å². The number of pyridine rings is 1. The van der Waals surface area contributed by atoms with Gasteiger partial charge in [0.15, 0.2) is 0 Å². The third-order valence-corrected chi connectivity index (χ3v) is 6.18. The molecule has 0 bridgehead atoms. The van der Waals surface area contributed by atoms with Gasteiger partial charge in [-0.05, 0) is 48.7 Å². The lowest BCUT2D eigenvalue weighted by molar-refractivity contribution is -0.125. The normalized spacial score (nSPS) is 16.8. The standard InChI is InChI=1S/C25H29N5O2/c1-5-30-15-20-12-18(14-26-24(20)27-25(32)17(30)2)10-11-23(31)28(3)16-21-13-19-8-6-7-9-22(19)29(21)4/h6-14,17H,5,15-16H2,1-4H3,(H,26,27,32)/b11-10+/t17-/m1/s1. The topological polar surface area (TPSA) is 70.5 Å². The number of amides is 2. The van der Waals surface area contributed by atoms with Gasteiger partial charge in [-0.2, -0.15) is 0 Å². The van der Waals surface area contributed by atoms with Crippen molar-refractivity contribution in [3.8, 4) is 0 Å². The number of benzene rings is 1. The van der Waals surface area contributed by atoms with E-state index in [2.05, 4.69) is 38.0 Å². The highest BCUT2D eigenvalue weighted by Gasteiger charge is 2.26. The van der Waals surface area contributed by atoms with Crippen molar-refractivity contribution in [1.82, 2.24) is 19.4 Å². The number of aromatic nitrogens is 2. The summed E-state index contributed by atoms with van der Waals surface area (Å²) in [7, 11) is 3.82. The zero-order valence-corrected chi connectivity index (χ0v) is 19.0. The van der Waals surface area contributed by atoms with Crippen molar-refractivity contribution < 1.29 is 9.59 Å². The molecule has 0 aliphatic carbocycles. The molecule has 3 heterocycles. The number of hydrogen-bond acceptors (Lipinski definition) is 4. The average Bonchev–Trinajstić information content (AvgIpc) is 3.04. The molecule has 3 aromatic rings. The zero-order chi connectivity index (χ0) is 22.8. The van der Waals surface area contributed by atoms with Crippen molar-refractivity contribution in [3.63, 3.8) is 0 Å². The highest BCUT2D eigenvalue weighted by Crippen LogP contribution is 2.23. The number of rotatable bonds is 5. The molecule has 7 nitrogen and oxygen atoms in total. The Balaban J connectivity index is 1.47. The largest absolute Gasteiger partial charge is 0.346 e. The van der Waals surface area contributed by atoms with Gasteiger partial charge in [0, 0.05) is 49.7 Å². The first-order chi connectivity index (χ1) is 15.4. The number of fused-ring (bicyclic) bond motifs is 2. The van der Waals surface area contributed by atoms with Crippen LogP contribution in [0.2, 0.25) is 0 Å². The van der Waals surface area contributed by atoms with Crippen LogP contribution in [0.3, 0.4) is 0 Å². The molecule has 2 amide bonds. The van der Waals surface area contributed by atoms with Gasteiger partial charge in [-0.15, -0.1) is 0 Å². The van der Waals surface area contributed by atoms with Crippen LogP contribution in [0.5, 0.6) is 0 Å². The van der Waals surface area contributed by atoms with Crippen molar-refractivity contribution in [1.29, 1.82) is 0 Å². The summed E-state index contributed by atoms with van der Waals surface area (Å²) in [5.41, 5.74) is 4.00. The SMILES string of the molecule is CCN1Cc2cc(/C=C/C(=O)N(C)Cc3cc4ccccc4n3C)cnc2NC(=O)[C@H]1C. The van der Waals surface area contributed by atoms with Crippen LogP contribution in [0.1, 0.15) is 30.7 Å². The first-order valence-electron chi connectivity index (χ1n) is 10.9. The number of nitrogens with one attached hydrogen (secondary N) is 1. The molecule has 1 aliphatic rings. The van der Waals surface area contributed by atoms with Gasteiger partial charge < -0.3 is 14.8 Å². The second-order valence-electron chi connectivity index (χ2n) is 8.29. The van der Waals surface area contributed by atoms with Gasteiger partial charge in [0.25, 0.3) is 0 Å². The van der Waals surface area contributed by atoms with Crippen LogP contribution < -0.4 is 5.32 Å². The summed E-state index contributed by atoms with van der Waals surface area (Å²) in [6.07, 6.45) is 5.03. The number of nitrogens with zero attached hydrogens (tertiary/aromatic N) is 4. The van der Waals surface area contributed by atoms with Crippen LogP contribution in [0, 0.1) is 0 Å². The van der Waals surface area contributed by atoms with E-state index < -0.39 is 0 Å².